The van der Waals surface area contributed by atoms with E-state index in [1.165, 1.54) is 5.75 Å². The molecular formula is C9H16N2OS2. The number of amides is 1. The fourth-order valence-electron chi connectivity index (χ4n) is 1.49. The molecule has 0 saturated carbocycles. The zero-order valence-electron chi connectivity index (χ0n) is 8.12. The van der Waals surface area contributed by atoms with Crippen LogP contribution in [0.4, 0.5) is 0 Å². The fraction of sp³-hybridized carbons (Fsp3) is 0.889. The SMILES string of the molecule is O=C(NCC1CNC1)C1CSCCS1. The van der Waals surface area contributed by atoms with Crippen molar-refractivity contribution in [3.05, 3.63) is 0 Å². The smallest absolute Gasteiger partial charge is 0.233 e. The third kappa shape index (κ3) is 2.81. The van der Waals surface area contributed by atoms with Crippen LogP contribution in [0.1, 0.15) is 0 Å². The van der Waals surface area contributed by atoms with Crippen LogP contribution in [0.25, 0.3) is 0 Å². The van der Waals surface area contributed by atoms with E-state index < -0.39 is 0 Å². The van der Waals surface area contributed by atoms with Crippen LogP contribution in [-0.4, -0.2) is 48.0 Å². The molecule has 2 aliphatic heterocycles. The van der Waals surface area contributed by atoms with E-state index in [2.05, 4.69) is 10.6 Å². The van der Waals surface area contributed by atoms with Crippen LogP contribution in [-0.2, 0) is 4.79 Å². The first-order valence-corrected chi connectivity index (χ1v) is 7.24. The standard InChI is InChI=1S/C9H16N2OS2/c12-9(8-6-13-1-2-14-8)11-5-7-3-10-4-7/h7-8,10H,1-6H2,(H,11,12). The molecule has 2 rings (SSSR count). The molecule has 5 heteroatoms. The lowest BCUT2D eigenvalue weighted by molar-refractivity contribution is -0.120. The van der Waals surface area contributed by atoms with Crippen LogP contribution >= 0.6 is 23.5 Å². The van der Waals surface area contributed by atoms with Crippen LogP contribution in [0.5, 0.6) is 0 Å². The molecule has 0 bridgehead atoms. The third-order valence-electron chi connectivity index (χ3n) is 2.54. The number of carbonyl (C=O) groups is 1. The lowest BCUT2D eigenvalue weighted by Crippen LogP contribution is -2.49. The Morgan fingerprint density at radius 2 is 2.29 bits per heavy atom. The number of nitrogens with one attached hydrogen (secondary N) is 2. The van der Waals surface area contributed by atoms with Crippen molar-refractivity contribution in [2.24, 2.45) is 5.92 Å². The van der Waals surface area contributed by atoms with Gasteiger partial charge < -0.3 is 10.6 Å². The van der Waals surface area contributed by atoms with Gasteiger partial charge >= 0.3 is 0 Å². The Kier molecular flexibility index (Phi) is 4.01. The second kappa shape index (κ2) is 5.28. The van der Waals surface area contributed by atoms with Gasteiger partial charge in [0.1, 0.15) is 0 Å². The van der Waals surface area contributed by atoms with E-state index in [0.717, 1.165) is 31.1 Å². The second-order valence-corrected chi connectivity index (χ2v) is 6.16. The molecule has 2 aliphatic rings. The van der Waals surface area contributed by atoms with E-state index in [0.29, 0.717) is 5.92 Å². The lowest BCUT2D eigenvalue weighted by Gasteiger charge is -2.28. The van der Waals surface area contributed by atoms with Gasteiger partial charge in [0.25, 0.3) is 0 Å². The van der Waals surface area contributed by atoms with Crippen LogP contribution in [0.2, 0.25) is 0 Å². The van der Waals surface area contributed by atoms with Gasteiger partial charge in [-0.2, -0.15) is 11.8 Å². The summed E-state index contributed by atoms with van der Waals surface area (Å²) in [5.74, 6) is 4.21. The summed E-state index contributed by atoms with van der Waals surface area (Å²) >= 11 is 3.69. The largest absolute Gasteiger partial charge is 0.355 e. The number of thioether (sulfide) groups is 2. The molecule has 2 heterocycles. The molecular weight excluding hydrogens is 216 g/mol. The van der Waals surface area contributed by atoms with E-state index in [4.69, 9.17) is 0 Å². The molecule has 3 nitrogen and oxygen atoms in total. The summed E-state index contributed by atoms with van der Waals surface area (Å²) in [6, 6.07) is 0. The topological polar surface area (TPSA) is 41.1 Å². The Bertz CT molecular complexity index is 203. The van der Waals surface area contributed by atoms with Crippen LogP contribution in [0.15, 0.2) is 0 Å². The van der Waals surface area contributed by atoms with Gasteiger partial charge in [-0.05, 0) is 0 Å². The van der Waals surface area contributed by atoms with Gasteiger partial charge in [0.05, 0.1) is 5.25 Å². The predicted octanol–water partition coefficient (Wildman–Crippen LogP) is 0.171. The number of hydrogen-bond donors (Lipinski definition) is 2. The molecule has 0 aromatic rings. The fourth-order valence-corrected chi connectivity index (χ4v) is 4.07. The Morgan fingerprint density at radius 3 is 2.86 bits per heavy atom. The summed E-state index contributed by atoms with van der Waals surface area (Å²) in [5.41, 5.74) is 0. The first kappa shape index (κ1) is 10.6. The van der Waals surface area contributed by atoms with E-state index in [-0.39, 0.29) is 11.2 Å². The van der Waals surface area contributed by atoms with Crippen molar-refractivity contribution < 1.29 is 4.79 Å². The molecule has 14 heavy (non-hydrogen) atoms. The third-order valence-corrected chi connectivity index (χ3v) is 5.29. The molecule has 0 spiro atoms. The molecule has 80 valence electrons. The maximum Gasteiger partial charge on any atom is 0.233 e. The highest BCUT2D eigenvalue weighted by atomic mass is 32.2. The Labute approximate surface area is 93.2 Å². The minimum atomic E-state index is 0.196. The minimum absolute atomic E-state index is 0.196. The van der Waals surface area contributed by atoms with Gasteiger partial charge in [-0.15, -0.1) is 11.8 Å². The number of hydrogen-bond acceptors (Lipinski definition) is 4. The highest BCUT2D eigenvalue weighted by Crippen LogP contribution is 2.23. The molecule has 0 aliphatic carbocycles. The van der Waals surface area contributed by atoms with Crippen molar-refractivity contribution in [3.63, 3.8) is 0 Å². The van der Waals surface area contributed by atoms with Crippen LogP contribution in [0.3, 0.4) is 0 Å². The predicted molar refractivity (Wildman–Crippen MR) is 62.9 cm³/mol. The van der Waals surface area contributed by atoms with E-state index in [1.807, 2.05) is 11.8 Å². The van der Waals surface area contributed by atoms with Gasteiger partial charge in [-0.3, -0.25) is 4.79 Å². The van der Waals surface area contributed by atoms with Gasteiger partial charge in [-0.1, -0.05) is 0 Å². The highest BCUT2D eigenvalue weighted by molar-refractivity contribution is 8.07. The van der Waals surface area contributed by atoms with Gasteiger partial charge in [0.15, 0.2) is 0 Å². The van der Waals surface area contributed by atoms with Crippen molar-refractivity contribution in [1.82, 2.24) is 10.6 Å². The quantitative estimate of drug-likeness (QED) is 0.728. The lowest BCUT2D eigenvalue weighted by atomic mass is 10.0. The molecule has 2 saturated heterocycles. The van der Waals surface area contributed by atoms with E-state index in [9.17, 15) is 4.79 Å². The zero-order valence-corrected chi connectivity index (χ0v) is 9.76. The normalized spacial score (nSPS) is 28.1. The zero-order chi connectivity index (χ0) is 9.80. The average Bonchev–Trinajstić information content (AvgIpc) is 2.16. The summed E-state index contributed by atoms with van der Waals surface area (Å²) < 4.78 is 0. The van der Waals surface area contributed by atoms with Crippen molar-refractivity contribution >= 4 is 29.4 Å². The van der Waals surface area contributed by atoms with Crippen molar-refractivity contribution in [2.45, 2.75) is 5.25 Å². The summed E-state index contributed by atoms with van der Waals surface area (Å²) in [6.45, 7) is 2.98. The monoisotopic (exact) mass is 232 g/mol. The molecule has 1 amide bonds. The first-order chi connectivity index (χ1) is 6.86. The summed E-state index contributed by atoms with van der Waals surface area (Å²) in [4.78, 5) is 11.7. The average molecular weight is 232 g/mol. The highest BCUT2D eigenvalue weighted by Gasteiger charge is 2.23. The molecule has 0 radical (unpaired) electrons. The maximum absolute atomic E-state index is 11.7. The van der Waals surface area contributed by atoms with Gasteiger partial charge in [0.2, 0.25) is 5.91 Å². The molecule has 2 N–H and O–H groups in total. The van der Waals surface area contributed by atoms with E-state index >= 15 is 0 Å². The molecule has 1 atom stereocenters. The first-order valence-electron chi connectivity index (χ1n) is 5.04. The number of carbonyl (C=O) groups excluding carboxylic acids is 1. The molecule has 0 aromatic heterocycles. The molecule has 2 fully saturated rings. The summed E-state index contributed by atoms with van der Waals surface area (Å²) in [7, 11) is 0. The molecule has 0 aromatic carbocycles. The van der Waals surface area contributed by atoms with Crippen molar-refractivity contribution in [3.8, 4) is 0 Å². The second-order valence-electron chi connectivity index (χ2n) is 3.70. The van der Waals surface area contributed by atoms with E-state index in [1.54, 1.807) is 11.8 Å². The Hall–Kier alpha value is 0.130. The van der Waals surface area contributed by atoms with Crippen molar-refractivity contribution in [2.75, 3.05) is 36.9 Å². The summed E-state index contributed by atoms with van der Waals surface area (Å²) in [6.07, 6.45) is 0. The molecule has 1 unspecified atom stereocenters. The Balaban J connectivity index is 1.65. The maximum atomic E-state index is 11.7. The van der Waals surface area contributed by atoms with Crippen LogP contribution in [0, 0.1) is 5.92 Å². The summed E-state index contributed by atoms with van der Waals surface area (Å²) in [5, 5.41) is 6.44. The van der Waals surface area contributed by atoms with Gasteiger partial charge in [-0.25, -0.2) is 0 Å². The number of rotatable bonds is 3. The van der Waals surface area contributed by atoms with Gasteiger partial charge in [0, 0.05) is 42.8 Å². The van der Waals surface area contributed by atoms with Crippen LogP contribution < -0.4 is 10.6 Å². The van der Waals surface area contributed by atoms with Crippen molar-refractivity contribution in [1.29, 1.82) is 0 Å². The minimum Gasteiger partial charge on any atom is -0.355 e. The Morgan fingerprint density at radius 1 is 1.43 bits per heavy atom.